The van der Waals surface area contributed by atoms with Gasteiger partial charge in [0.15, 0.2) is 18.6 Å². The van der Waals surface area contributed by atoms with Crippen molar-refractivity contribution in [3.63, 3.8) is 0 Å². The SMILES string of the molecule is Cn1c(N)cc[n+]1CC1=C(C(=O)[O-])N2C(=O)[C@@H](N)[C@H]2SC1. The van der Waals surface area contributed by atoms with Gasteiger partial charge in [-0.3, -0.25) is 9.69 Å². The molecule has 0 bridgehead atoms. The average Bonchev–Trinajstić information content (AvgIpc) is 2.77. The van der Waals surface area contributed by atoms with Crippen molar-refractivity contribution >= 4 is 29.5 Å². The number of aromatic nitrogens is 2. The first-order valence-corrected chi connectivity index (χ1v) is 7.41. The second-order valence-corrected chi connectivity index (χ2v) is 6.14. The number of hydrogen-bond donors (Lipinski definition) is 2. The molecule has 0 unspecified atom stereocenters. The van der Waals surface area contributed by atoms with Crippen LogP contribution in [-0.4, -0.2) is 38.6 Å². The molecule has 2 aliphatic rings. The molecule has 1 aromatic rings. The van der Waals surface area contributed by atoms with Gasteiger partial charge in [-0.15, -0.1) is 21.1 Å². The van der Waals surface area contributed by atoms with Gasteiger partial charge in [-0.05, 0) is 0 Å². The number of carboxylic acid groups (broad SMARTS) is 1. The van der Waals surface area contributed by atoms with Crippen LogP contribution in [0.25, 0.3) is 0 Å². The lowest BCUT2D eigenvalue weighted by atomic mass is 10.0. The topological polar surface area (TPSA) is 121 Å². The number of carboxylic acids is 1. The second kappa shape index (κ2) is 4.78. The molecule has 112 valence electrons. The largest absolute Gasteiger partial charge is 0.543 e. The monoisotopic (exact) mass is 309 g/mol. The number of nitrogens with two attached hydrogens (primary N) is 2. The molecule has 0 saturated carbocycles. The van der Waals surface area contributed by atoms with Crippen molar-refractivity contribution in [2.45, 2.75) is 18.0 Å². The maximum atomic E-state index is 11.8. The number of carbonyl (C=O) groups excluding carboxylic acids is 2. The van der Waals surface area contributed by atoms with Gasteiger partial charge in [0, 0.05) is 11.3 Å². The highest BCUT2D eigenvalue weighted by Crippen LogP contribution is 2.39. The predicted octanol–water partition coefficient (Wildman–Crippen LogP) is -2.86. The molecule has 1 fully saturated rings. The standard InChI is InChI=1S/C12H15N5O3S/c1-15-7(13)2-3-16(15)4-6-5-21-11-8(14)10(18)17(11)9(6)12(19)20/h2-3,8,11,13H,4-5,14H2,1H3,(H,19,20)/t8-,11-/m1/s1. The van der Waals surface area contributed by atoms with Crippen LogP contribution in [0, 0.1) is 0 Å². The quantitative estimate of drug-likeness (QED) is 0.457. The van der Waals surface area contributed by atoms with Gasteiger partial charge in [0.2, 0.25) is 5.91 Å². The van der Waals surface area contributed by atoms with E-state index in [1.165, 1.54) is 16.7 Å². The zero-order valence-electron chi connectivity index (χ0n) is 11.4. The Balaban J connectivity index is 1.97. The molecule has 1 amide bonds. The number of aliphatic carboxylic acids is 1. The molecule has 9 heteroatoms. The van der Waals surface area contributed by atoms with Crippen molar-refractivity contribution in [2.24, 2.45) is 12.8 Å². The molecule has 0 aliphatic carbocycles. The Morgan fingerprint density at radius 2 is 2.33 bits per heavy atom. The fourth-order valence-electron chi connectivity index (χ4n) is 2.56. The third kappa shape index (κ3) is 2.00. The third-order valence-corrected chi connectivity index (χ3v) is 5.17. The molecule has 1 saturated heterocycles. The van der Waals surface area contributed by atoms with Crippen LogP contribution in [0.2, 0.25) is 0 Å². The van der Waals surface area contributed by atoms with Crippen molar-refractivity contribution in [3.05, 3.63) is 23.5 Å². The van der Waals surface area contributed by atoms with Gasteiger partial charge in [0.1, 0.15) is 11.4 Å². The number of hydrogen-bond acceptors (Lipinski definition) is 6. The third-order valence-electron chi connectivity index (χ3n) is 3.81. The van der Waals surface area contributed by atoms with E-state index in [2.05, 4.69) is 0 Å². The van der Waals surface area contributed by atoms with Gasteiger partial charge in [-0.1, -0.05) is 0 Å². The van der Waals surface area contributed by atoms with Crippen molar-refractivity contribution < 1.29 is 19.4 Å². The maximum Gasteiger partial charge on any atom is 0.248 e. The van der Waals surface area contributed by atoms with Crippen LogP contribution in [-0.2, 0) is 23.2 Å². The molecule has 8 nitrogen and oxygen atoms in total. The van der Waals surface area contributed by atoms with Crippen LogP contribution in [0.1, 0.15) is 0 Å². The van der Waals surface area contributed by atoms with E-state index in [0.717, 1.165) is 0 Å². The first-order chi connectivity index (χ1) is 9.91. The molecule has 0 radical (unpaired) electrons. The lowest BCUT2D eigenvalue weighted by Gasteiger charge is -2.49. The summed E-state index contributed by atoms with van der Waals surface area (Å²) in [5.74, 6) is -0.670. The van der Waals surface area contributed by atoms with Gasteiger partial charge in [-0.25, -0.2) is 0 Å². The Kier molecular flexibility index (Phi) is 3.18. The number of fused-ring (bicyclic) bond motifs is 1. The smallest absolute Gasteiger partial charge is 0.248 e. The Hall–Kier alpha value is -2.00. The number of β-lactam (4-membered cyclic amide) rings is 1. The number of anilines is 1. The Bertz CT molecular complexity index is 668. The fraction of sp³-hybridized carbons (Fsp3) is 0.417. The van der Waals surface area contributed by atoms with E-state index in [-0.39, 0.29) is 17.0 Å². The Morgan fingerprint density at radius 3 is 2.90 bits per heavy atom. The summed E-state index contributed by atoms with van der Waals surface area (Å²) in [6.45, 7) is 0.329. The Morgan fingerprint density at radius 1 is 1.62 bits per heavy atom. The van der Waals surface area contributed by atoms with Crippen LogP contribution in [0.4, 0.5) is 5.82 Å². The molecular weight excluding hydrogens is 294 g/mol. The maximum absolute atomic E-state index is 11.8. The van der Waals surface area contributed by atoms with E-state index in [1.54, 1.807) is 28.7 Å². The molecule has 4 N–H and O–H groups in total. The minimum atomic E-state index is -1.35. The number of nitrogen functional groups attached to an aromatic ring is 1. The number of thioether (sulfide) groups is 1. The van der Waals surface area contributed by atoms with Gasteiger partial charge in [0.05, 0.1) is 24.8 Å². The minimum Gasteiger partial charge on any atom is -0.543 e. The molecule has 21 heavy (non-hydrogen) atoms. The molecule has 0 spiro atoms. The molecule has 2 atom stereocenters. The van der Waals surface area contributed by atoms with Gasteiger partial charge < -0.3 is 21.4 Å². The highest BCUT2D eigenvalue weighted by Gasteiger charge is 2.50. The molecular formula is C12H15N5O3S. The molecule has 0 aromatic carbocycles. The highest BCUT2D eigenvalue weighted by atomic mass is 32.2. The van der Waals surface area contributed by atoms with E-state index in [1.807, 2.05) is 0 Å². The fourth-order valence-corrected chi connectivity index (χ4v) is 3.84. The molecule has 1 aromatic heterocycles. The predicted molar refractivity (Wildman–Crippen MR) is 73.1 cm³/mol. The lowest BCUT2D eigenvalue weighted by molar-refractivity contribution is -0.765. The normalized spacial score (nSPS) is 24.9. The van der Waals surface area contributed by atoms with Crippen molar-refractivity contribution in [2.75, 3.05) is 11.5 Å². The van der Waals surface area contributed by atoms with Gasteiger partial charge in [-0.2, -0.15) is 0 Å². The van der Waals surface area contributed by atoms with Crippen LogP contribution in [0.5, 0.6) is 0 Å². The van der Waals surface area contributed by atoms with Gasteiger partial charge >= 0.3 is 0 Å². The molecule has 3 rings (SSSR count). The van der Waals surface area contributed by atoms with Crippen molar-refractivity contribution in [1.29, 1.82) is 0 Å². The van der Waals surface area contributed by atoms with E-state index < -0.39 is 12.0 Å². The summed E-state index contributed by atoms with van der Waals surface area (Å²) in [7, 11) is 1.78. The summed E-state index contributed by atoms with van der Waals surface area (Å²) in [4.78, 5) is 24.5. The van der Waals surface area contributed by atoms with Crippen LogP contribution >= 0.6 is 11.8 Å². The van der Waals surface area contributed by atoms with E-state index in [0.29, 0.717) is 23.7 Å². The van der Waals surface area contributed by atoms with E-state index in [4.69, 9.17) is 11.5 Å². The Labute approximate surface area is 125 Å². The summed E-state index contributed by atoms with van der Waals surface area (Å²) in [6, 6.07) is 1.09. The van der Waals surface area contributed by atoms with E-state index >= 15 is 0 Å². The number of carbonyl (C=O) groups is 2. The second-order valence-electron chi connectivity index (χ2n) is 5.04. The first-order valence-electron chi connectivity index (χ1n) is 6.36. The summed E-state index contributed by atoms with van der Waals surface area (Å²) in [5.41, 5.74) is 12.0. The summed E-state index contributed by atoms with van der Waals surface area (Å²) >= 11 is 1.46. The highest BCUT2D eigenvalue weighted by molar-refractivity contribution is 8.00. The first kappa shape index (κ1) is 14.0. The van der Waals surface area contributed by atoms with Crippen molar-refractivity contribution in [3.8, 4) is 0 Å². The zero-order chi connectivity index (χ0) is 15.3. The van der Waals surface area contributed by atoms with Crippen LogP contribution in [0.3, 0.4) is 0 Å². The number of nitrogens with zero attached hydrogens (tertiary/aromatic N) is 3. The average molecular weight is 309 g/mol. The summed E-state index contributed by atoms with van der Waals surface area (Å²) < 4.78 is 3.49. The van der Waals surface area contributed by atoms with Gasteiger partial charge in [0.25, 0.3) is 0 Å². The van der Waals surface area contributed by atoms with Crippen LogP contribution in [0.15, 0.2) is 23.5 Å². The summed E-state index contributed by atoms with van der Waals surface area (Å²) in [5, 5.41) is 11.1. The molecule has 3 heterocycles. The number of amides is 1. The summed E-state index contributed by atoms with van der Waals surface area (Å²) in [6.07, 6.45) is 1.76. The lowest BCUT2D eigenvalue weighted by Crippen LogP contribution is -2.69. The number of rotatable bonds is 3. The zero-order valence-corrected chi connectivity index (χ0v) is 12.2. The van der Waals surface area contributed by atoms with E-state index in [9.17, 15) is 14.7 Å². The molecule has 2 aliphatic heterocycles. The van der Waals surface area contributed by atoms with Crippen LogP contribution < -0.4 is 21.3 Å². The minimum absolute atomic E-state index is 0.0577. The van der Waals surface area contributed by atoms with Crippen molar-refractivity contribution in [1.82, 2.24) is 9.58 Å².